The molecule has 5 nitrogen and oxygen atoms in total. The van der Waals surface area contributed by atoms with Crippen molar-refractivity contribution in [3.8, 4) is 5.75 Å². The number of hydrogen-bond acceptors (Lipinski definition) is 4. The second kappa shape index (κ2) is 6.73. The van der Waals surface area contributed by atoms with Crippen LogP contribution in [0, 0.1) is 5.82 Å². The number of ether oxygens (including phenoxy) is 1. The Hall–Kier alpha value is -1.86. The van der Waals surface area contributed by atoms with Gasteiger partial charge in [-0.05, 0) is 37.0 Å². The van der Waals surface area contributed by atoms with Crippen molar-refractivity contribution in [3.05, 3.63) is 41.5 Å². The molecule has 0 aliphatic rings. The molecule has 0 radical (unpaired) electrons. The third-order valence-corrected chi connectivity index (χ3v) is 3.15. The highest BCUT2D eigenvalue weighted by atomic mass is 19.1. The summed E-state index contributed by atoms with van der Waals surface area (Å²) in [6.45, 7) is 4.97. The summed E-state index contributed by atoms with van der Waals surface area (Å²) in [6, 6.07) is 5.62. The molecule has 1 aromatic carbocycles. The van der Waals surface area contributed by atoms with Gasteiger partial charge in [-0.3, -0.25) is 4.68 Å². The van der Waals surface area contributed by atoms with E-state index in [-0.39, 0.29) is 17.8 Å². The van der Waals surface area contributed by atoms with Crippen LogP contribution < -0.4 is 10.2 Å². The van der Waals surface area contributed by atoms with Crippen molar-refractivity contribution in [1.82, 2.24) is 9.78 Å². The fraction of sp³-hybridized carbons (Fsp3) is 0.357. The molecule has 2 rings (SSSR count). The Morgan fingerprint density at radius 1 is 1.24 bits per heavy atom. The van der Waals surface area contributed by atoms with E-state index in [0.717, 1.165) is 30.4 Å². The predicted octanol–water partition coefficient (Wildman–Crippen LogP) is 0.863. The molecule has 0 spiro atoms. The van der Waals surface area contributed by atoms with E-state index in [9.17, 15) is 4.39 Å². The lowest BCUT2D eigenvalue weighted by Gasteiger charge is -2.09. The van der Waals surface area contributed by atoms with Gasteiger partial charge in [-0.15, -0.1) is 0 Å². The Labute approximate surface area is 123 Å². The summed E-state index contributed by atoms with van der Waals surface area (Å²) < 4.78 is 20.8. The van der Waals surface area contributed by atoms with Crippen LogP contribution in [0.1, 0.15) is 25.2 Å². The molecule has 0 aliphatic carbocycles. The van der Waals surface area contributed by atoms with Crippen molar-refractivity contribution < 1.29 is 19.2 Å². The number of hydrogen-bond donors (Lipinski definition) is 2. The number of benzene rings is 1. The number of aromatic nitrogens is 2. The van der Waals surface area contributed by atoms with Gasteiger partial charge in [-0.2, -0.15) is 5.10 Å². The number of halogens is 1. The van der Waals surface area contributed by atoms with Gasteiger partial charge in [-0.1, -0.05) is 6.92 Å². The van der Waals surface area contributed by atoms with Crippen LogP contribution >= 0.6 is 0 Å². The molecule has 0 amide bonds. The van der Waals surface area contributed by atoms with Crippen molar-refractivity contribution in [1.29, 1.82) is 0 Å². The van der Waals surface area contributed by atoms with Crippen LogP contribution in [0.15, 0.2) is 24.3 Å². The standard InChI is InChI=1S/C14H18BFN2O3/c1-3-12-8-13(18(4-2)17-12)9-21-14-6-10(15(19)20)5-11(16)7-14/h5-8,19-20H,3-4,9H2,1-2H3. The summed E-state index contributed by atoms with van der Waals surface area (Å²) >= 11 is 0. The zero-order valence-electron chi connectivity index (χ0n) is 12.1. The van der Waals surface area contributed by atoms with Crippen LogP contribution in [0.3, 0.4) is 0 Å². The van der Waals surface area contributed by atoms with Crippen LogP contribution in [0.5, 0.6) is 5.75 Å². The normalized spacial score (nSPS) is 10.7. The first-order valence-electron chi connectivity index (χ1n) is 6.88. The number of aryl methyl sites for hydroxylation is 2. The maximum Gasteiger partial charge on any atom is 0.488 e. The first-order chi connectivity index (χ1) is 10.0. The Morgan fingerprint density at radius 2 is 2.00 bits per heavy atom. The summed E-state index contributed by atoms with van der Waals surface area (Å²) in [4.78, 5) is 0. The molecule has 0 unspecified atom stereocenters. The van der Waals surface area contributed by atoms with Crippen LogP contribution in [0.25, 0.3) is 0 Å². The van der Waals surface area contributed by atoms with Gasteiger partial charge >= 0.3 is 7.12 Å². The Morgan fingerprint density at radius 3 is 2.62 bits per heavy atom. The van der Waals surface area contributed by atoms with E-state index >= 15 is 0 Å². The zero-order valence-corrected chi connectivity index (χ0v) is 12.1. The molecule has 1 aromatic heterocycles. The van der Waals surface area contributed by atoms with E-state index in [4.69, 9.17) is 14.8 Å². The maximum absolute atomic E-state index is 13.4. The molecule has 0 atom stereocenters. The van der Waals surface area contributed by atoms with Crippen molar-refractivity contribution in [2.75, 3.05) is 0 Å². The Kier molecular flexibility index (Phi) is 4.98. The maximum atomic E-state index is 13.4. The molecule has 2 N–H and O–H groups in total. The van der Waals surface area contributed by atoms with Gasteiger partial charge in [0.15, 0.2) is 0 Å². The van der Waals surface area contributed by atoms with Crippen LogP contribution in [0.2, 0.25) is 0 Å². The quantitative estimate of drug-likeness (QED) is 0.775. The lowest BCUT2D eigenvalue weighted by atomic mass is 9.80. The Balaban J connectivity index is 2.14. The SMILES string of the molecule is CCc1cc(COc2cc(F)cc(B(O)O)c2)n(CC)n1. The van der Waals surface area contributed by atoms with Gasteiger partial charge in [0.25, 0.3) is 0 Å². The van der Waals surface area contributed by atoms with Gasteiger partial charge in [0.1, 0.15) is 18.2 Å². The summed E-state index contributed by atoms with van der Waals surface area (Å²) in [6.07, 6.45) is 0.834. The van der Waals surface area contributed by atoms with E-state index in [1.807, 2.05) is 24.6 Å². The third kappa shape index (κ3) is 3.83. The smallest absolute Gasteiger partial charge is 0.487 e. The van der Waals surface area contributed by atoms with Crippen molar-refractivity contribution in [3.63, 3.8) is 0 Å². The predicted molar refractivity (Wildman–Crippen MR) is 77.8 cm³/mol. The van der Waals surface area contributed by atoms with Crippen LogP contribution in [-0.2, 0) is 19.6 Å². The molecule has 7 heteroatoms. The second-order valence-corrected chi connectivity index (χ2v) is 4.68. The molecule has 0 fully saturated rings. The van der Waals surface area contributed by atoms with E-state index in [1.165, 1.54) is 12.1 Å². The second-order valence-electron chi connectivity index (χ2n) is 4.68. The average molecular weight is 292 g/mol. The van der Waals surface area contributed by atoms with Gasteiger partial charge in [0.05, 0.1) is 11.4 Å². The number of rotatable bonds is 6. The number of nitrogens with zero attached hydrogens (tertiary/aromatic N) is 2. The first kappa shape index (κ1) is 15.5. The molecular weight excluding hydrogens is 274 g/mol. The lowest BCUT2D eigenvalue weighted by molar-refractivity contribution is 0.291. The molecule has 0 saturated carbocycles. The van der Waals surface area contributed by atoms with Gasteiger partial charge < -0.3 is 14.8 Å². The van der Waals surface area contributed by atoms with E-state index in [0.29, 0.717) is 0 Å². The largest absolute Gasteiger partial charge is 0.488 e. The molecule has 2 aromatic rings. The minimum absolute atomic E-state index is 0.0586. The minimum atomic E-state index is -1.73. The van der Waals surface area contributed by atoms with Crippen LogP contribution in [0.4, 0.5) is 4.39 Å². The monoisotopic (exact) mass is 292 g/mol. The molecule has 0 saturated heterocycles. The molecule has 1 heterocycles. The van der Waals surface area contributed by atoms with Gasteiger partial charge in [-0.25, -0.2) is 4.39 Å². The van der Waals surface area contributed by atoms with Crippen molar-refractivity contribution >= 4 is 12.6 Å². The topological polar surface area (TPSA) is 67.5 Å². The average Bonchev–Trinajstić information content (AvgIpc) is 2.87. The summed E-state index contributed by atoms with van der Waals surface area (Å²) in [7, 11) is -1.73. The molecular formula is C14H18BFN2O3. The fourth-order valence-electron chi connectivity index (χ4n) is 2.05. The summed E-state index contributed by atoms with van der Waals surface area (Å²) in [5, 5.41) is 22.6. The van der Waals surface area contributed by atoms with Gasteiger partial charge in [0, 0.05) is 12.6 Å². The third-order valence-electron chi connectivity index (χ3n) is 3.15. The zero-order chi connectivity index (χ0) is 15.4. The molecule has 21 heavy (non-hydrogen) atoms. The van der Waals surface area contributed by atoms with Crippen molar-refractivity contribution in [2.24, 2.45) is 0 Å². The lowest BCUT2D eigenvalue weighted by Crippen LogP contribution is -2.30. The highest BCUT2D eigenvalue weighted by Gasteiger charge is 2.14. The molecule has 112 valence electrons. The van der Waals surface area contributed by atoms with E-state index in [2.05, 4.69) is 5.10 Å². The fourth-order valence-corrected chi connectivity index (χ4v) is 2.05. The highest BCUT2D eigenvalue weighted by molar-refractivity contribution is 6.58. The van der Waals surface area contributed by atoms with E-state index in [1.54, 1.807) is 0 Å². The van der Waals surface area contributed by atoms with Gasteiger partial charge in [0.2, 0.25) is 0 Å². The Bertz CT molecular complexity index is 616. The van der Waals surface area contributed by atoms with Crippen molar-refractivity contribution in [2.45, 2.75) is 33.4 Å². The molecule has 0 aliphatic heterocycles. The summed E-state index contributed by atoms with van der Waals surface area (Å²) in [5.74, 6) is -0.325. The summed E-state index contributed by atoms with van der Waals surface area (Å²) in [5.41, 5.74) is 1.93. The van der Waals surface area contributed by atoms with Crippen LogP contribution in [-0.4, -0.2) is 26.9 Å². The highest BCUT2D eigenvalue weighted by Crippen LogP contribution is 2.14. The first-order valence-corrected chi connectivity index (χ1v) is 6.88. The molecule has 0 bridgehead atoms. The minimum Gasteiger partial charge on any atom is -0.487 e. The van der Waals surface area contributed by atoms with E-state index < -0.39 is 12.9 Å².